The Balaban J connectivity index is 2.07. The van der Waals surface area contributed by atoms with E-state index < -0.39 is 0 Å². The highest BCUT2D eigenvalue weighted by molar-refractivity contribution is 4.93. The number of likely N-dealkylation sites (tertiary alicyclic amines) is 1. The van der Waals surface area contributed by atoms with Gasteiger partial charge in [0, 0.05) is 6.04 Å². The van der Waals surface area contributed by atoms with Crippen LogP contribution in [0.4, 0.5) is 0 Å². The Morgan fingerprint density at radius 3 is 2.24 bits per heavy atom. The first kappa shape index (κ1) is 13.4. The van der Waals surface area contributed by atoms with E-state index in [2.05, 4.69) is 25.7 Å². The zero-order chi connectivity index (χ0) is 12.5. The molecule has 1 N–H and O–H groups in total. The van der Waals surface area contributed by atoms with Crippen molar-refractivity contribution >= 4 is 0 Å². The topological polar surface area (TPSA) is 23.5 Å². The van der Waals surface area contributed by atoms with E-state index in [1.165, 1.54) is 38.8 Å². The molecule has 2 rings (SSSR count). The molecule has 1 heterocycles. The second kappa shape index (κ2) is 5.27. The number of rotatable bonds is 1. The molecule has 0 radical (unpaired) electrons. The maximum Gasteiger partial charge on any atom is 0.0555 e. The Hall–Kier alpha value is -0.0800. The molecule has 0 aromatic carbocycles. The van der Waals surface area contributed by atoms with Gasteiger partial charge in [0.15, 0.2) is 0 Å². The molecule has 2 heteroatoms. The normalized spacial score (nSPS) is 37.1. The maximum atomic E-state index is 9.97. The second-order valence-corrected chi connectivity index (χ2v) is 7.10. The van der Waals surface area contributed by atoms with Crippen LogP contribution in [0.15, 0.2) is 0 Å². The van der Waals surface area contributed by atoms with Crippen molar-refractivity contribution in [2.75, 3.05) is 13.1 Å². The predicted molar refractivity (Wildman–Crippen MR) is 72.0 cm³/mol. The molecular weight excluding hydrogens is 210 g/mol. The number of hydrogen-bond acceptors (Lipinski definition) is 2. The SMILES string of the molecule is CC(C)(C)C1CCC(O)CC1N1CCCCC1. The summed E-state index contributed by atoms with van der Waals surface area (Å²) in [6.07, 6.45) is 7.25. The van der Waals surface area contributed by atoms with Crippen LogP contribution in [-0.4, -0.2) is 35.2 Å². The van der Waals surface area contributed by atoms with Crippen LogP contribution < -0.4 is 0 Å². The first-order valence-electron chi connectivity index (χ1n) is 7.40. The molecule has 0 aromatic rings. The summed E-state index contributed by atoms with van der Waals surface area (Å²) in [5, 5.41) is 9.97. The first-order chi connectivity index (χ1) is 7.98. The third-order valence-electron chi connectivity index (χ3n) is 4.76. The molecule has 1 aliphatic heterocycles. The van der Waals surface area contributed by atoms with Gasteiger partial charge in [-0.1, -0.05) is 27.2 Å². The molecule has 100 valence electrons. The molecule has 17 heavy (non-hydrogen) atoms. The molecule has 2 aliphatic rings. The summed E-state index contributed by atoms with van der Waals surface area (Å²) in [5.41, 5.74) is 0.377. The van der Waals surface area contributed by atoms with E-state index in [0.717, 1.165) is 18.8 Å². The van der Waals surface area contributed by atoms with Gasteiger partial charge in [-0.3, -0.25) is 4.90 Å². The second-order valence-electron chi connectivity index (χ2n) is 7.10. The van der Waals surface area contributed by atoms with Crippen LogP contribution >= 0.6 is 0 Å². The molecule has 0 spiro atoms. The van der Waals surface area contributed by atoms with Crippen LogP contribution in [0.25, 0.3) is 0 Å². The third kappa shape index (κ3) is 3.23. The standard InChI is InChI=1S/C15H29NO/c1-15(2,3)13-8-7-12(17)11-14(13)16-9-5-4-6-10-16/h12-14,17H,4-11H2,1-3H3. The monoisotopic (exact) mass is 239 g/mol. The molecule has 1 saturated heterocycles. The van der Waals surface area contributed by atoms with E-state index in [-0.39, 0.29) is 6.10 Å². The Morgan fingerprint density at radius 1 is 1.00 bits per heavy atom. The highest BCUT2D eigenvalue weighted by atomic mass is 16.3. The lowest BCUT2D eigenvalue weighted by Crippen LogP contribution is -2.51. The summed E-state index contributed by atoms with van der Waals surface area (Å²) in [4.78, 5) is 2.67. The summed E-state index contributed by atoms with van der Waals surface area (Å²) >= 11 is 0. The Morgan fingerprint density at radius 2 is 1.65 bits per heavy atom. The number of aliphatic hydroxyl groups excluding tert-OH is 1. The van der Waals surface area contributed by atoms with Gasteiger partial charge in [-0.2, -0.15) is 0 Å². The van der Waals surface area contributed by atoms with Crippen molar-refractivity contribution in [2.24, 2.45) is 11.3 Å². The molecule has 0 aromatic heterocycles. The summed E-state index contributed by atoms with van der Waals surface area (Å²) < 4.78 is 0. The van der Waals surface area contributed by atoms with Gasteiger partial charge in [0.2, 0.25) is 0 Å². The molecule has 1 saturated carbocycles. The van der Waals surface area contributed by atoms with Crippen LogP contribution in [0.2, 0.25) is 0 Å². The Bertz CT molecular complexity index is 240. The van der Waals surface area contributed by atoms with Crippen molar-refractivity contribution in [3.8, 4) is 0 Å². The number of piperidine rings is 1. The highest BCUT2D eigenvalue weighted by Gasteiger charge is 2.39. The fraction of sp³-hybridized carbons (Fsp3) is 1.00. The number of aliphatic hydroxyl groups is 1. The zero-order valence-corrected chi connectivity index (χ0v) is 11.8. The molecule has 3 unspecified atom stereocenters. The van der Waals surface area contributed by atoms with Crippen molar-refractivity contribution < 1.29 is 5.11 Å². The lowest BCUT2D eigenvalue weighted by atomic mass is 9.68. The zero-order valence-electron chi connectivity index (χ0n) is 11.8. The molecule has 0 amide bonds. The van der Waals surface area contributed by atoms with E-state index in [4.69, 9.17) is 0 Å². The third-order valence-corrected chi connectivity index (χ3v) is 4.76. The van der Waals surface area contributed by atoms with Gasteiger partial charge in [-0.15, -0.1) is 0 Å². The van der Waals surface area contributed by atoms with Gasteiger partial charge in [0.1, 0.15) is 0 Å². The van der Waals surface area contributed by atoms with Gasteiger partial charge in [-0.05, 0) is 56.5 Å². The largest absolute Gasteiger partial charge is 0.393 e. The quantitative estimate of drug-likeness (QED) is 0.760. The van der Waals surface area contributed by atoms with Crippen molar-refractivity contribution in [1.29, 1.82) is 0 Å². The molecule has 1 aliphatic carbocycles. The van der Waals surface area contributed by atoms with E-state index in [1.807, 2.05) is 0 Å². The predicted octanol–water partition coefficient (Wildman–Crippen LogP) is 3.05. The molecular formula is C15H29NO. The molecule has 2 nitrogen and oxygen atoms in total. The highest BCUT2D eigenvalue weighted by Crippen LogP contribution is 2.41. The first-order valence-corrected chi connectivity index (χ1v) is 7.40. The van der Waals surface area contributed by atoms with Crippen LogP contribution in [0.3, 0.4) is 0 Å². The van der Waals surface area contributed by atoms with Gasteiger partial charge < -0.3 is 5.11 Å². The van der Waals surface area contributed by atoms with Crippen LogP contribution in [0.1, 0.15) is 59.3 Å². The molecule has 2 fully saturated rings. The summed E-state index contributed by atoms with van der Waals surface area (Å²) in [6.45, 7) is 9.61. The van der Waals surface area contributed by atoms with E-state index in [0.29, 0.717) is 11.5 Å². The maximum absolute atomic E-state index is 9.97. The minimum absolute atomic E-state index is 0.0551. The van der Waals surface area contributed by atoms with E-state index in [9.17, 15) is 5.11 Å². The average Bonchev–Trinajstić information content (AvgIpc) is 2.28. The minimum Gasteiger partial charge on any atom is -0.393 e. The van der Waals surface area contributed by atoms with Crippen LogP contribution in [0.5, 0.6) is 0 Å². The summed E-state index contributed by atoms with van der Waals surface area (Å²) in [6, 6.07) is 0.624. The van der Waals surface area contributed by atoms with Gasteiger partial charge >= 0.3 is 0 Å². The summed E-state index contributed by atoms with van der Waals surface area (Å²) in [5.74, 6) is 0.754. The van der Waals surface area contributed by atoms with Gasteiger partial charge in [0.25, 0.3) is 0 Å². The smallest absolute Gasteiger partial charge is 0.0555 e. The Labute approximate surface area is 106 Å². The van der Waals surface area contributed by atoms with Crippen molar-refractivity contribution in [3.63, 3.8) is 0 Å². The van der Waals surface area contributed by atoms with E-state index >= 15 is 0 Å². The molecule has 0 bridgehead atoms. The molecule has 3 atom stereocenters. The van der Waals surface area contributed by atoms with E-state index in [1.54, 1.807) is 0 Å². The minimum atomic E-state index is -0.0551. The van der Waals surface area contributed by atoms with Crippen molar-refractivity contribution in [3.05, 3.63) is 0 Å². The fourth-order valence-electron chi connectivity index (χ4n) is 3.79. The lowest BCUT2D eigenvalue weighted by molar-refractivity contribution is -0.0179. The van der Waals surface area contributed by atoms with Gasteiger partial charge in [0.05, 0.1) is 6.10 Å². The number of nitrogens with zero attached hydrogens (tertiary/aromatic N) is 1. The Kier molecular flexibility index (Phi) is 4.14. The lowest BCUT2D eigenvalue weighted by Gasteiger charge is -2.48. The average molecular weight is 239 g/mol. The fourth-order valence-corrected chi connectivity index (χ4v) is 3.79. The van der Waals surface area contributed by atoms with Gasteiger partial charge in [-0.25, -0.2) is 0 Å². The van der Waals surface area contributed by atoms with Crippen LogP contribution in [0, 0.1) is 11.3 Å². The van der Waals surface area contributed by atoms with Crippen molar-refractivity contribution in [1.82, 2.24) is 4.90 Å². The van der Waals surface area contributed by atoms with Crippen LogP contribution in [-0.2, 0) is 0 Å². The van der Waals surface area contributed by atoms with Crippen molar-refractivity contribution in [2.45, 2.75) is 71.4 Å². The number of hydrogen-bond donors (Lipinski definition) is 1. The summed E-state index contributed by atoms with van der Waals surface area (Å²) in [7, 11) is 0.